The summed E-state index contributed by atoms with van der Waals surface area (Å²) in [5, 5.41) is 3.46. The molecule has 0 spiro atoms. The molecule has 2 fully saturated rings. The van der Waals surface area contributed by atoms with Crippen molar-refractivity contribution in [1.29, 1.82) is 0 Å². The van der Waals surface area contributed by atoms with E-state index in [0.29, 0.717) is 0 Å². The summed E-state index contributed by atoms with van der Waals surface area (Å²) >= 11 is 0. The topological polar surface area (TPSA) is 12.0 Å². The molecule has 11 heavy (non-hydrogen) atoms. The predicted molar refractivity (Wildman–Crippen MR) is 47.5 cm³/mol. The Morgan fingerprint density at radius 3 is 2.45 bits per heavy atom. The van der Waals surface area contributed by atoms with Gasteiger partial charge in [-0.05, 0) is 37.3 Å². The predicted octanol–water partition coefficient (Wildman–Crippen LogP) is 2.03. The van der Waals surface area contributed by atoms with Crippen LogP contribution in [0.5, 0.6) is 0 Å². The van der Waals surface area contributed by atoms with Crippen molar-refractivity contribution in [3.63, 3.8) is 0 Å². The highest BCUT2D eigenvalue weighted by Gasteiger charge is 2.30. The summed E-state index contributed by atoms with van der Waals surface area (Å²) in [5.74, 6) is 3.08. The van der Waals surface area contributed by atoms with E-state index in [1.807, 2.05) is 0 Å². The fraction of sp³-hybridized carbons (Fsp3) is 1.00. The minimum atomic E-state index is 0.999. The summed E-state index contributed by atoms with van der Waals surface area (Å²) in [4.78, 5) is 0. The van der Waals surface area contributed by atoms with Gasteiger partial charge in [-0.15, -0.1) is 0 Å². The summed E-state index contributed by atoms with van der Waals surface area (Å²) in [7, 11) is 0. The SMILES string of the molecule is CC(C1CCC1)C1CCNC1. The van der Waals surface area contributed by atoms with Crippen LogP contribution in [0.4, 0.5) is 0 Å². The molecule has 1 saturated heterocycles. The Morgan fingerprint density at radius 2 is 2.00 bits per heavy atom. The minimum absolute atomic E-state index is 0.999. The number of nitrogens with one attached hydrogen (secondary N) is 1. The van der Waals surface area contributed by atoms with Gasteiger partial charge in [0.25, 0.3) is 0 Å². The van der Waals surface area contributed by atoms with E-state index in [1.165, 1.54) is 38.8 Å². The van der Waals surface area contributed by atoms with Gasteiger partial charge < -0.3 is 5.32 Å². The minimum Gasteiger partial charge on any atom is -0.316 e. The largest absolute Gasteiger partial charge is 0.316 e. The molecule has 0 aromatic heterocycles. The van der Waals surface area contributed by atoms with Crippen LogP contribution in [0.1, 0.15) is 32.6 Å². The normalized spacial score (nSPS) is 35.2. The van der Waals surface area contributed by atoms with Crippen molar-refractivity contribution in [2.75, 3.05) is 13.1 Å². The molecule has 0 amide bonds. The van der Waals surface area contributed by atoms with E-state index in [4.69, 9.17) is 0 Å². The fourth-order valence-electron chi connectivity index (χ4n) is 2.48. The zero-order chi connectivity index (χ0) is 7.68. The Balaban J connectivity index is 1.82. The maximum Gasteiger partial charge on any atom is -0.00174 e. The molecule has 2 unspecified atom stereocenters. The second-order valence-corrected chi connectivity index (χ2v) is 4.30. The summed E-state index contributed by atoms with van der Waals surface area (Å²) in [5.41, 5.74) is 0. The first kappa shape index (κ1) is 7.60. The van der Waals surface area contributed by atoms with Crippen LogP contribution >= 0.6 is 0 Å². The third-order valence-electron chi connectivity index (χ3n) is 3.74. The standard InChI is InChI=1S/C10H19N/c1-8(9-3-2-4-9)10-5-6-11-7-10/h8-11H,2-7H2,1H3. The lowest BCUT2D eigenvalue weighted by molar-refractivity contribution is 0.167. The van der Waals surface area contributed by atoms with Crippen molar-refractivity contribution < 1.29 is 0 Å². The monoisotopic (exact) mass is 153 g/mol. The molecule has 1 nitrogen and oxygen atoms in total. The van der Waals surface area contributed by atoms with E-state index in [-0.39, 0.29) is 0 Å². The Hall–Kier alpha value is -0.0400. The van der Waals surface area contributed by atoms with Crippen molar-refractivity contribution in [3.05, 3.63) is 0 Å². The van der Waals surface area contributed by atoms with E-state index in [0.717, 1.165) is 17.8 Å². The van der Waals surface area contributed by atoms with Crippen LogP contribution in [-0.2, 0) is 0 Å². The van der Waals surface area contributed by atoms with E-state index < -0.39 is 0 Å². The summed E-state index contributed by atoms with van der Waals surface area (Å²) < 4.78 is 0. The second kappa shape index (κ2) is 3.14. The van der Waals surface area contributed by atoms with Gasteiger partial charge in [-0.25, -0.2) is 0 Å². The van der Waals surface area contributed by atoms with Gasteiger partial charge in [0.2, 0.25) is 0 Å². The molecule has 2 atom stereocenters. The Bertz CT molecular complexity index is 123. The number of hydrogen-bond acceptors (Lipinski definition) is 1. The first-order valence-electron chi connectivity index (χ1n) is 5.08. The molecule has 0 aromatic carbocycles. The van der Waals surface area contributed by atoms with Gasteiger partial charge in [-0.1, -0.05) is 26.2 Å². The van der Waals surface area contributed by atoms with Gasteiger partial charge in [-0.3, -0.25) is 0 Å². The van der Waals surface area contributed by atoms with Crippen LogP contribution in [0.25, 0.3) is 0 Å². The van der Waals surface area contributed by atoms with Crippen LogP contribution < -0.4 is 5.32 Å². The van der Waals surface area contributed by atoms with Crippen molar-refractivity contribution in [2.24, 2.45) is 17.8 Å². The van der Waals surface area contributed by atoms with E-state index in [2.05, 4.69) is 12.2 Å². The Morgan fingerprint density at radius 1 is 1.18 bits per heavy atom. The van der Waals surface area contributed by atoms with Gasteiger partial charge in [0, 0.05) is 0 Å². The van der Waals surface area contributed by atoms with Gasteiger partial charge in [0.05, 0.1) is 0 Å². The molecular weight excluding hydrogens is 134 g/mol. The highest BCUT2D eigenvalue weighted by atomic mass is 14.9. The molecule has 1 heteroatoms. The van der Waals surface area contributed by atoms with Crippen molar-refractivity contribution in [1.82, 2.24) is 5.32 Å². The average molecular weight is 153 g/mol. The van der Waals surface area contributed by atoms with Gasteiger partial charge in [-0.2, -0.15) is 0 Å². The second-order valence-electron chi connectivity index (χ2n) is 4.30. The number of hydrogen-bond donors (Lipinski definition) is 1. The molecule has 64 valence electrons. The lowest BCUT2D eigenvalue weighted by atomic mass is 9.71. The third-order valence-corrected chi connectivity index (χ3v) is 3.74. The molecule has 1 aliphatic heterocycles. The van der Waals surface area contributed by atoms with Crippen LogP contribution in [0.3, 0.4) is 0 Å². The van der Waals surface area contributed by atoms with Crippen LogP contribution in [0, 0.1) is 17.8 Å². The maximum atomic E-state index is 3.46. The molecule has 0 radical (unpaired) electrons. The van der Waals surface area contributed by atoms with Gasteiger partial charge >= 0.3 is 0 Å². The highest BCUT2D eigenvalue weighted by Crippen LogP contribution is 2.38. The average Bonchev–Trinajstić information content (AvgIpc) is 2.32. The molecular formula is C10H19N. The fourth-order valence-corrected chi connectivity index (χ4v) is 2.48. The molecule has 0 aromatic rings. The van der Waals surface area contributed by atoms with Crippen molar-refractivity contribution in [3.8, 4) is 0 Å². The van der Waals surface area contributed by atoms with Crippen molar-refractivity contribution in [2.45, 2.75) is 32.6 Å². The maximum absolute atomic E-state index is 3.46. The number of rotatable bonds is 2. The van der Waals surface area contributed by atoms with Gasteiger partial charge in [0.1, 0.15) is 0 Å². The third kappa shape index (κ3) is 1.44. The Kier molecular flexibility index (Phi) is 2.17. The van der Waals surface area contributed by atoms with Crippen molar-refractivity contribution >= 4 is 0 Å². The molecule has 2 rings (SSSR count). The lowest BCUT2D eigenvalue weighted by Crippen LogP contribution is -2.27. The zero-order valence-corrected chi connectivity index (χ0v) is 7.47. The van der Waals surface area contributed by atoms with E-state index in [9.17, 15) is 0 Å². The van der Waals surface area contributed by atoms with Crippen LogP contribution in [-0.4, -0.2) is 13.1 Å². The van der Waals surface area contributed by atoms with E-state index >= 15 is 0 Å². The zero-order valence-electron chi connectivity index (χ0n) is 7.47. The molecule has 1 N–H and O–H groups in total. The molecule has 2 aliphatic rings. The summed E-state index contributed by atoms with van der Waals surface area (Å²) in [6, 6.07) is 0. The smallest absolute Gasteiger partial charge is 0.00174 e. The first-order chi connectivity index (χ1) is 5.38. The first-order valence-corrected chi connectivity index (χ1v) is 5.08. The molecule has 1 saturated carbocycles. The molecule has 1 heterocycles. The molecule has 1 aliphatic carbocycles. The Labute approximate surface area is 69.6 Å². The highest BCUT2D eigenvalue weighted by molar-refractivity contribution is 4.83. The summed E-state index contributed by atoms with van der Waals surface area (Å²) in [6.07, 6.45) is 5.95. The quantitative estimate of drug-likeness (QED) is 0.640. The molecule has 0 bridgehead atoms. The lowest BCUT2D eigenvalue weighted by Gasteiger charge is -2.34. The van der Waals surface area contributed by atoms with Crippen LogP contribution in [0.2, 0.25) is 0 Å². The summed E-state index contributed by atoms with van der Waals surface area (Å²) in [6.45, 7) is 5.01. The van der Waals surface area contributed by atoms with Gasteiger partial charge in [0.15, 0.2) is 0 Å². The van der Waals surface area contributed by atoms with E-state index in [1.54, 1.807) is 0 Å². The van der Waals surface area contributed by atoms with Crippen LogP contribution in [0.15, 0.2) is 0 Å².